The van der Waals surface area contributed by atoms with Crippen LogP contribution in [0.15, 0.2) is 12.1 Å². The highest BCUT2D eigenvalue weighted by atomic mass is 32.1. The molecule has 4 nitrogen and oxygen atoms in total. The Balaban J connectivity index is 1.51. The SMILES string of the molecule is Cc1ccc(C(=O)NC2CCN(C3CCOCC3)C2)s1. The van der Waals surface area contributed by atoms with Gasteiger partial charge in [-0.15, -0.1) is 11.3 Å². The zero-order valence-electron chi connectivity index (χ0n) is 11.9. The Bertz CT molecular complexity index is 468. The average Bonchev–Trinajstić information content (AvgIpc) is 3.09. The summed E-state index contributed by atoms with van der Waals surface area (Å²) in [7, 11) is 0. The summed E-state index contributed by atoms with van der Waals surface area (Å²) in [4.78, 5) is 16.7. The molecule has 1 amide bonds. The van der Waals surface area contributed by atoms with Crippen molar-refractivity contribution >= 4 is 17.2 Å². The second-order valence-corrected chi connectivity index (χ2v) is 7.00. The van der Waals surface area contributed by atoms with Gasteiger partial charge >= 0.3 is 0 Å². The zero-order chi connectivity index (χ0) is 13.9. The van der Waals surface area contributed by atoms with Crippen LogP contribution >= 0.6 is 11.3 Å². The predicted molar refractivity (Wildman–Crippen MR) is 80.3 cm³/mol. The van der Waals surface area contributed by atoms with E-state index < -0.39 is 0 Å². The standard InChI is InChI=1S/C15H22N2O2S/c1-11-2-3-14(20-11)15(18)16-12-4-7-17(10-12)13-5-8-19-9-6-13/h2-3,12-13H,4-10H2,1H3,(H,16,18). The molecular weight excluding hydrogens is 272 g/mol. The number of carbonyl (C=O) groups excluding carboxylic acids is 1. The third kappa shape index (κ3) is 3.22. The molecule has 3 rings (SSSR count). The zero-order valence-corrected chi connectivity index (χ0v) is 12.7. The van der Waals surface area contributed by atoms with E-state index in [2.05, 4.69) is 10.2 Å². The molecule has 1 aromatic heterocycles. The van der Waals surface area contributed by atoms with Crippen LogP contribution in [0.3, 0.4) is 0 Å². The van der Waals surface area contributed by atoms with Crippen LogP contribution in [0, 0.1) is 6.92 Å². The number of hydrogen-bond donors (Lipinski definition) is 1. The molecule has 0 spiro atoms. The van der Waals surface area contributed by atoms with Crippen LogP contribution in [0.25, 0.3) is 0 Å². The molecule has 0 saturated carbocycles. The van der Waals surface area contributed by atoms with Crippen LogP contribution in [-0.2, 0) is 4.74 Å². The van der Waals surface area contributed by atoms with Crippen molar-refractivity contribution in [3.63, 3.8) is 0 Å². The Labute approximate surface area is 124 Å². The van der Waals surface area contributed by atoms with Crippen molar-refractivity contribution in [1.29, 1.82) is 0 Å². The van der Waals surface area contributed by atoms with E-state index in [0.29, 0.717) is 12.1 Å². The Morgan fingerprint density at radius 3 is 2.85 bits per heavy atom. The van der Waals surface area contributed by atoms with E-state index in [1.54, 1.807) is 11.3 Å². The van der Waals surface area contributed by atoms with Crippen molar-refractivity contribution in [1.82, 2.24) is 10.2 Å². The number of ether oxygens (including phenoxy) is 1. The molecule has 0 aromatic carbocycles. The molecule has 1 aromatic rings. The number of nitrogens with one attached hydrogen (secondary N) is 1. The van der Waals surface area contributed by atoms with Crippen LogP contribution in [0.1, 0.15) is 33.8 Å². The number of carbonyl (C=O) groups is 1. The van der Waals surface area contributed by atoms with Gasteiger partial charge in [-0.1, -0.05) is 0 Å². The van der Waals surface area contributed by atoms with Crippen molar-refractivity contribution in [2.75, 3.05) is 26.3 Å². The van der Waals surface area contributed by atoms with Crippen LogP contribution < -0.4 is 5.32 Å². The summed E-state index contributed by atoms with van der Waals surface area (Å²) in [5.74, 6) is 0.0851. The topological polar surface area (TPSA) is 41.6 Å². The summed E-state index contributed by atoms with van der Waals surface area (Å²) in [6.45, 7) is 5.88. The predicted octanol–water partition coefficient (Wildman–Crippen LogP) is 2.04. The minimum absolute atomic E-state index is 0.0851. The average molecular weight is 294 g/mol. The van der Waals surface area contributed by atoms with Crippen LogP contribution in [0.2, 0.25) is 0 Å². The summed E-state index contributed by atoms with van der Waals surface area (Å²) in [5, 5.41) is 3.18. The third-order valence-electron chi connectivity index (χ3n) is 4.23. The lowest BCUT2D eigenvalue weighted by molar-refractivity contribution is 0.0415. The highest BCUT2D eigenvalue weighted by molar-refractivity contribution is 7.13. The lowest BCUT2D eigenvalue weighted by atomic mass is 10.1. The van der Waals surface area contributed by atoms with Gasteiger partial charge in [0.1, 0.15) is 0 Å². The van der Waals surface area contributed by atoms with Crippen molar-refractivity contribution in [3.8, 4) is 0 Å². The van der Waals surface area contributed by atoms with Gasteiger partial charge in [-0.2, -0.15) is 0 Å². The number of rotatable bonds is 3. The lowest BCUT2D eigenvalue weighted by Gasteiger charge is -2.31. The maximum absolute atomic E-state index is 12.2. The first-order valence-electron chi connectivity index (χ1n) is 7.41. The normalized spacial score (nSPS) is 24.9. The number of likely N-dealkylation sites (tertiary alicyclic amines) is 1. The van der Waals surface area contributed by atoms with Crippen molar-refractivity contribution < 1.29 is 9.53 Å². The van der Waals surface area contributed by atoms with E-state index >= 15 is 0 Å². The largest absolute Gasteiger partial charge is 0.381 e. The smallest absolute Gasteiger partial charge is 0.261 e. The molecule has 0 bridgehead atoms. The number of nitrogens with zero attached hydrogens (tertiary/aromatic N) is 1. The molecule has 0 aliphatic carbocycles. The van der Waals surface area contributed by atoms with E-state index in [4.69, 9.17) is 4.74 Å². The Morgan fingerprint density at radius 2 is 2.15 bits per heavy atom. The Morgan fingerprint density at radius 1 is 1.35 bits per heavy atom. The monoisotopic (exact) mass is 294 g/mol. The molecule has 5 heteroatoms. The van der Waals surface area contributed by atoms with Crippen molar-refractivity contribution in [3.05, 3.63) is 21.9 Å². The Hall–Kier alpha value is -0.910. The summed E-state index contributed by atoms with van der Waals surface area (Å²) in [5.41, 5.74) is 0. The van der Waals surface area contributed by atoms with Gasteiger partial charge < -0.3 is 10.1 Å². The summed E-state index contributed by atoms with van der Waals surface area (Å²) >= 11 is 1.57. The van der Waals surface area contributed by atoms with Crippen molar-refractivity contribution in [2.45, 2.75) is 38.3 Å². The van der Waals surface area contributed by atoms with E-state index in [9.17, 15) is 4.79 Å². The molecule has 1 N–H and O–H groups in total. The van der Waals surface area contributed by atoms with Gasteiger partial charge in [-0.3, -0.25) is 9.69 Å². The molecule has 0 radical (unpaired) electrons. The molecule has 2 saturated heterocycles. The fourth-order valence-electron chi connectivity index (χ4n) is 3.10. The van der Waals surface area contributed by atoms with Crippen LogP contribution in [0.4, 0.5) is 0 Å². The maximum atomic E-state index is 12.2. The van der Waals surface area contributed by atoms with E-state index in [0.717, 1.165) is 50.4 Å². The van der Waals surface area contributed by atoms with Gasteiger partial charge in [0.25, 0.3) is 5.91 Å². The van der Waals surface area contributed by atoms with Gasteiger partial charge in [0.15, 0.2) is 0 Å². The maximum Gasteiger partial charge on any atom is 0.261 e. The summed E-state index contributed by atoms with van der Waals surface area (Å²) in [6.07, 6.45) is 3.32. The minimum Gasteiger partial charge on any atom is -0.381 e. The van der Waals surface area contributed by atoms with E-state index in [-0.39, 0.29) is 5.91 Å². The van der Waals surface area contributed by atoms with Gasteiger partial charge in [0, 0.05) is 43.3 Å². The molecule has 2 aliphatic rings. The number of amides is 1. The van der Waals surface area contributed by atoms with Crippen LogP contribution in [0.5, 0.6) is 0 Å². The first-order chi connectivity index (χ1) is 9.72. The molecular formula is C15H22N2O2S. The second kappa shape index (κ2) is 6.24. The molecule has 1 atom stereocenters. The second-order valence-electron chi connectivity index (χ2n) is 5.71. The third-order valence-corrected chi connectivity index (χ3v) is 5.23. The minimum atomic E-state index is 0.0851. The molecule has 1 unspecified atom stereocenters. The quantitative estimate of drug-likeness (QED) is 0.927. The lowest BCUT2D eigenvalue weighted by Crippen LogP contribution is -2.41. The van der Waals surface area contributed by atoms with Gasteiger partial charge in [0.2, 0.25) is 0 Å². The first-order valence-corrected chi connectivity index (χ1v) is 8.23. The highest BCUT2D eigenvalue weighted by Gasteiger charge is 2.30. The first kappa shape index (κ1) is 14.0. The molecule has 20 heavy (non-hydrogen) atoms. The molecule has 110 valence electrons. The van der Waals surface area contributed by atoms with Gasteiger partial charge in [0.05, 0.1) is 4.88 Å². The number of thiophene rings is 1. The molecule has 2 fully saturated rings. The van der Waals surface area contributed by atoms with Crippen molar-refractivity contribution in [2.24, 2.45) is 0 Å². The summed E-state index contributed by atoms with van der Waals surface area (Å²) < 4.78 is 5.42. The molecule has 3 heterocycles. The van der Waals surface area contributed by atoms with E-state index in [1.165, 1.54) is 4.88 Å². The Kier molecular flexibility index (Phi) is 4.38. The fraction of sp³-hybridized carbons (Fsp3) is 0.667. The number of aryl methyl sites for hydroxylation is 1. The van der Waals surface area contributed by atoms with E-state index in [1.807, 2.05) is 19.1 Å². The number of hydrogen-bond acceptors (Lipinski definition) is 4. The highest BCUT2D eigenvalue weighted by Crippen LogP contribution is 2.21. The van der Waals surface area contributed by atoms with Gasteiger partial charge in [-0.25, -0.2) is 0 Å². The molecule has 2 aliphatic heterocycles. The summed E-state index contributed by atoms with van der Waals surface area (Å²) in [6, 6.07) is 4.87. The fourth-order valence-corrected chi connectivity index (χ4v) is 3.87. The van der Waals surface area contributed by atoms with Crippen LogP contribution in [-0.4, -0.2) is 49.2 Å². The van der Waals surface area contributed by atoms with Gasteiger partial charge in [-0.05, 0) is 38.3 Å².